The molecule has 0 aliphatic rings. The summed E-state index contributed by atoms with van der Waals surface area (Å²) in [6.45, 7) is 12.1. The van der Waals surface area contributed by atoms with Crippen LogP contribution in [0.3, 0.4) is 0 Å². The molecule has 1 heterocycles. The van der Waals surface area contributed by atoms with Crippen LogP contribution in [0.5, 0.6) is 0 Å². The molecule has 1 aromatic heterocycles. The molecule has 0 aliphatic carbocycles. The van der Waals surface area contributed by atoms with Crippen molar-refractivity contribution >= 4 is 0 Å². The average molecular weight is 208 g/mol. The maximum absolute atomic E-state index is 4.08. The van der Waals surface area contributed by atoms with Crippen LogP contribution in [0.2, 0.25) is 0 Å². The van der Waals surface area contributed by atoms with Gasteiger partial charge in [-0.2, -0.15) is 0 Å². The summed E-state index contributed by atoms with van der Waals surface area (Å²) in [5.41, 5.74) is 0.848. The Bertz CT molecular complexity index is 287. The molecule has 0 amide bonds. The lowest BCUT2D eigenvalue weighted by atomic mass is 10.2. The van der Waals surface area contributed by atoms with Crippen molar-refractivity contribution in [3.05, 3.63) is 18.2 Å². The summed E-state index contributed by atoms with van der Waals surface area (Å²) < 4.78 is 1.89. The topological polar surface area (TPSA) is 17.8 Å². The minimum Gasteiger partial charge on any atom is -0.339 e. The Kier molecular flexibility index (Phi) is 11.7. The van der Waals surface area contributed by atoms with Gasteiger partial charge in [0.25, 0.3) is 0 Å². The summed E-state index contributed by atoms with van der Waals surface area (Å²) in [7, 11) is 1.94. The molecule has 0 saturated carbocycles. The van der Waals surface area contributed by atoms with E-state index in [0.29, 0.717) is 5.92 Å². The summed E-state index contributed by atoms with van der Waals surface area (Å²) in [6, 6.07) is 0. The molecule has 2 nitrogen and oxygen atoms in total. The van der Waals surface area contributed by atoms with Crippen LogP contribution in [0, 0.1) is 17.8 Å². The van der Waals surface area contributed by atoms with Gasteiger partial charge in [0, 0.05) is 19.2 Å². The number of rotatable bonds is 0. The molecule has 15 heavy (non-hydrogen) atoms. The fourth-order valence-electron chi connectivity index (χ4n) is 0.696. The third kappa shape index (κ3) is 9.08. The monoisotopic (exact) mass is 208 g/mol. The highest BCUT2D eigenvalue weighted by atomic mass is 15.0. The summed E-state index contributed by atoms with van der Waals surface area (Å²) in [5, 5.41) is 0. The summed E-state index contributed by atoms with van der Waals surface area (Å²) in [5.74, 6) is 6.45. The Morgan fingerprint density at radius 3 is 2.07 bits per heavy atom. The highest BCUT2D eigenvalue weighted by Gasteiger charge is 1.89. The van der Waals surface area contributed by atoms with Crippen molar-refractivity contribution in [3.8, 4) is 11.8 Å². The summed E-state index contributed by atoms with van der Waals surface area (Å²) >= 11 is 0. The minimum absolute atomic E-state index is 0.414. The Balaban J connectivity index is 0. The largest absolute Gasteiger partial charge is 0.339 e. The first-order valence-corrected chi connectivity index (χ1v) is 5.68. The van der Waals surface area contributed by atoms with Crippen molar-refractivity contribution in [2.45, 2.75) is 41.5 Å². The number of imidazole rings is 1. The highest BCUT2D eigenvalue weighted by molar-refractivity contribution is 5.25. The van der Waals surface area contributed by atoms with E-state index < -0.39 is 0 Å². The number of aryl methyl sites for hydroxylation is 1. The van der Waals surface area contributed by atoms with Crippen molar-refractivity contribution in [2.24, 2.45) is 13.0 Å². The molecule has 1 rings (SSSR count). The van der Waals surface area contributed by atoms with Crippen molar-refractivity contribution in [1.29, 1.82) is 0 Å². The number of aromatic nitrogens is 2. The fourth-order valence-corrected chi connectivity index (χ4v) is 0.696. The fraction of sp³-hybridized carbons (Fsp3) is 0.615. The molecular formula is C13H24N2. The maximum atomic E-state index is 4.08. The molecule has 0 atom stereocenters. The molecule has 0 unspecified atom stereocenters. The van der Waals surface area contributed by atoms with E-state index in [1.54, 1.807) is 6.33 Å². The second-order valence-electron chi connectivity index (χ2n) is 2.85. The van der Waals surface area contributed by atoms with Crippen LogP contribution in [-0.4, -0.2) is 9.55 Å². The second kappa shape index (κ2) is 10.8. The third-order valence-electron chi connectivity index (χ3n) is 1.19. The van der Waals surface area contributed by atoms with E-state index in [1.165, 1.54) is 0 Å². The molecular weight excluding hydrogens is 184 g/mol. The van der Waals surface area contributed by atoms with Crippen LogP contribution in [0.25, 0.3) is 0 Å². The van der Waals surface area contributed by atoms with Crippen LogP contribution in [0.1, 0.15) is 47.2 Å². The number of hydrogen-bond donors (Lipinski definition) is 0. The van der Waals surface area contributed by atoms with E-state index in [2.05, 4.69) is 30.7 Å². The zero-order valence-electron chi connectivity index (χ0n) is 11.1. The van der Waals surface area contributed by atoms with Crippen molar-refractivity contribution in [3.63, 3.8) is 0 Å². The SMILES string of the molecule is CC.CC.CC(C)C#Cc1cn(C)cn1. The predicted octanol–water partition coefficient (Wildman–Crippen LogP) is 3.48. The van der Waals surface area contributed by atoms with E-state index in [4.69, 9.17) is 0 Å². The lowest BCUT2D eigenvalue weighted by molar-refractivity contribution is 0.866. The molecule has 0 N–H and O–H groups in total. The van der Waals surface area contributed by atoms with E-state index in [-0.39, 0.29) is 0 Å². The first-order valence-electron chi connectivity index (χ1n) is 5.68. The van der Waals surface area contributed by atoms with Crippen molar-refractivity contribution in [1.82, 2.24) is 9.55 Å². The van der Waals surface area contributed by atoms with Crippen molar-refractivity contribution < 1.29 is 0 Å². The standard InChI is InChI=1S/C9H12N2.2C2H6/c1-8(2)4-5-9-6-11(3)7-10-9;2*1-2/h6-8H,1-3H3;2*1-2H3. The van der Waals surface area contributed by atoms with Gasteiger partial charge in [0.2, 0.25) is 0 Å². The normalized spacial score (nSPS) is 7.73. The lowest BCUT2D eigenvalue weighted by Crippen LogP contribution is -1.80. The summed E-state index contributed by atoms with van der Waals surface area (Å²) in [6.07, 6.45) is 3.67. The van der Waals surface area contributed by atoms with Crippen molar-refractivity contribution in [2.75, 3.05) is 0 Å². The van der Waals surface area contributed by atoms with E-state index in [0.717, 1.165) is 5.69 Å². The third-order valence-corrected chi connectivity index (χ3v) is 1.19. The molecule has 0 saturated heterocycles. The molecule has 0 aliphatic heterocycles. The zero-order valence-corrected chi connectivity index (χ0v) is 11.1. The first-order chi connectivity index (χ1) is 7.18. The molecule has 1 aromatic rings. The number of nitrogens with zero attached hydrogens (tertiary/aromatic N) is 2. The van der Waals surface area contributed by atoms with E-state index >= 15 is 0 Å². The average Bonchev–Trinajstić information content (AvgIpc) is 2.67. The van der Waals surface area contributed by atoms with Gasteiger partial charge in [-0.1, -0.05) is 47.5 Å². The molecule has 0 aromatic carbocycles. The molecule has 2 heteroatoms. The van der Waals surface area contributed by atoms with Crippen LogP contribution in [-0.2, 0) is 7.05 Å². The lowest BCUT2D eigenvalue weighted by Gasteiger charge is -1.85. The van der Waals surface area contributed by atoms with E-state index in [1.807, 2.05) is 45.5 Å². The van der Waals surface area contributed by atoms with Gasteiger partial charge in [-0.3, -0.25) is 0 Å². The number of hydrogen-bond acceptors (Lipinski definition) is 1. The molecule has 86 valence electrons. The van der Waals surface area contributed by atoms with Gasteiger partial charge >= 0.3 is 0 Å². The van der Waals surface area contributed by atoms with Gasteiger partial charge in [-0.05, 0) is 5.92 Å². The summed E-state index contributed by atoms with van der Waals surface area (Å²) in [4.78, 5) is 4.08. The van der Waals surface area contributed by atoms with Crippen LogP contribution < -0.4 is 0 Å². The van der Waals surface area contributed by atoms with Gasteiger partial charge in [0.1, 0.15) is 5.69 Å². The van der Waals surface area contributed by atoms with Gasteiger partial charge in [0.15, 0.2) is 0 Å². The Morgan fingerprint density at radius 2 is 1.73 bits per heavy atom. The maximum Gasteiger partial charge on any atom is 0.131 e. The highest BCUT2D eigenvalue weighted by Crippen LogP contribution is 1.92. The van der Waals surface area contributed by atoms with E-state index in [9.17, 15) is 0 Å². The van der Waals surface area contributed by atoms with Gasteiger partial charge < -0.3 is 4.57 Å². The van der Waals surface area contributed by atoms with Crippen LogP contribution >= 0.6 is 0 Å². The van der Waals surface area contributed by atoms with Crippen LogP contribution in [0.4, 0.5) is 0 Å². The first kappa shape index (κ1) is 16.2. The van der Waals surface area contributed by atoms with Gasteiger partial charge in [-0.25, -0.2) is 4.98 Å². The Morgan fingerprint density at radius 1 is 1.20 bits per heavy atom. The van der Waals surface area contributed by atoms with Crippen LogP contribution in [0.15, 0.2) is 12.5 Å². The van der Waals surface area contributed by atoms with Gasteiger partial charge in [0.05, 0.1) is 6.33 Å². The smallest absolute Gasteiger partial charge is 0.131 e. The minimum atomic E-state index is 0.414. The Hall–Kier alpha value is -1.23. The van der Waals surface area contributed by atoms with Gasteiger partial charge in [-0.15, -0.1) is 0 Å². The molecule has 0 bridgehead atoms. The second-order valence-corrected chi connectivity index (χ2v) is 2.85. The predicted molar refractivity (Wildman–Crippen MR) is 67.6 cm³/mol. The molecule has 0 spiro atoms. The molecule has 0 radical (unpaired) electrons. The molecule has 0 fully saturated rings. The Labute approximate surface area is 94.7 Å². The quantitative estimate of drug-likeness (QED) is 0.597. The zero-order chi connectivity index (χ0) is 12.3.